The van der Waals surface area contributed by atoms with Crippen LogP contribution in [0.25, 0.3) is 0 Å². The summed E-state index contributed by atoms with van der Waals surface area (Å²) in [5.74, 6) is 2.37. The van der Waals surface area contributed by atoms with Crippen LogP contribution >= 0.6 is 24.8 Å². The lowest BCUT2D eigenvalue weighted by atomic mass is 9.83. The van der Waals surface area contributed by atoms with Gasteiger partial charge in [-0.3, -0.25) is 4.90 Å². The van der Waals surface area contributed by atoms with Crippen molar-refractivity contribution in [2.45, 2.75) is 77.5 Å². The van der Waals surface area contributed by atoms with Gasteiger partial charge in [0.2, 0.25) is 0 Å². The van der Waals surface area contributed by atoms with E-state index in [1.54, 1.807) is 14.2 Å². The molecular formula is C26H48Cl2N2O4. The molecular weight excluding hydrogens is 475 g/mol. The monoisotopic (exact) mass is 522 g/mol. The largest absolute Gasteiger partial charge is 0.493 e. The second-order valence-corrected chi connectivity index (χ2v) is 9.69. The van der Waals surface area contributed by atoms with Crippen LogP contribution in [0.1, 0.15) is 58.4 Å². The maximum absolute atomic E-state index is 10.8. The topological polar surface area (TPSA) is 77.2 Å². The molecule has 0 amide bonds. The highest BCUT2D eigenvalue weighted by atomic mass is 35.5. The van der Waals surface area contributed by atoms with Gasteiger partial charge in [0.05, 0.1) is 19.8 Å². The molecule has 8 heteroatoms. The Morgan fingerprint density at radius 1 is 1.12 bits per heavy atom. The minimum atomic E-state index is -0.493. The Bertz CT molecular complexity index is 666. The lowest BCUT2D eigenvalue weighted by molar-refractivity contribution is 0.0516. The number of benzene rings is 1. The molecule has 1 aliphatic rings. The van der Waals surface area contributed by atoms with Gasteiger partial charge in [0.1, 0.15) is 0 Å². The van der Waals surface area contributed by atoms with Gasteiger partial charge in [-0.05, 0) is 68.7 Å². The summed E-state index contributed by atoms with van der Waals surface area (Å²) >= 11 is 0. The standard InChI is InChI=1S/C26H46N2O4.2ClH/c1-19(2)22(17-23(27)24(29)18-28-12-7-6-9-20(28)3)15-21-10-11-25(31-5)26(16-21)32-14-8-13-30-4;;/h10-11,16,19-20,22-24,29H,6-9,12-15,17-18,27H2,1-5H3;2*1H/t20-,22+,23+,24+;;/m1../s1. The number of nitrogens with zero attached hydrogens (tertiary/aromatic N) is 1. The first kappa shape index (κ1) is 33.2. The van der Waals surface area contributed by atoms with Crippen LogP contribution in [0.15, 0.2) is 18.2 Å². The molecule has 1 aromatic carbocycles. The molecule has 0 spiro atoms. The second kappa shape index (κ2) is 17.6. The van der Waals surface area contributed by atoms with Gasteiger partial charge in [0.25, 0.3) is 0 Å². The fourth-order valence-corrected chi connectivity index (χ4v) is 4.55. The summed E-state index contributed by atoms with van der Waals surface area (Å²) in [4.78, 5) is 2.40. The van der Waals surface area contributed by atoms with Crippen LogP contribution in [-0.2, 0) is 11.2 Å². The quantitative estimate of drug-likeness (QED) is 0.344. The lowest BCUT2D eigenvalue weighted by Crippen LogP contribution is -2.48. The highest BCUT2D eigenvalue weighted by Gasteiger charge is 2.27. The predicted octanol–water partition coefficient (Wildman–Crippen LogP) is 4.72. The fraction of sp³-hybridized carbons (Fsp3) is 0.769. The van der Waals surface area contributed by atoms with Crippen molar-refractivity contribution in [2.24, 2.45) is 17.6 Å². The van der Waals surface area contributed by atoms with Gasteiger partial charge in [0.15, 0.2) is 11.5 Å². The third-order valence-electron chi connectivity index (χ3n) is 6.85. The number of aliphatic hydroxyl groups excluding tert-OH is 1. The Balaban J connectivity index is 0.00000544. The maximum atomic E-state index is 10.8. The van der Waals surface area contributed by atoms with Gasteiger partial charge in [0, 0.05) is 38.8 Å². The number of hydrogen-bond acceptors (Lipinski definition) is 6. The molecule has 2 rings (SSSR count). The van der Waals surface area contributed by atoms with Gasteiger partial charge in [-0.1, -0.05) is 26.3 Å². The van der Waals surface area contributed by atoms with Crippen molar-refractivity contribution in [3.8, 4) is 11.5 Å². The number of rotatable bonds is 14. The van der Waals surface area contributed by atoms with E-state index in [1.165, 1.54) is 24.8 Å². The summed E-state index contributed by atoms with van der Waals surface area (Å²) in [7, 11) is 3.36. The average Bonchev–Trinajstić information content (AvgIpc) is 2.77. The van der Waals surface area contributed by atoms with Gasteiger partial charge in [-0.15, -0.1) is 24.8 Å². The van der Waals surface area contributed by atoms with Crippen LogP contribution in [0.3, 0.4) is 0 Å². The predicted molar refractivity (Wildman–Crippen MR) is 145 cm³/mol. The number of β-amino-alcohol motifs (C(OH)–C–C–N with tert-alkyl or cyclic N) is 1. The molecule has 0 aliphatic carbocycles. The van der Waals surface area contributed by atoms with Crippen molar-refractivity contribution >= 4 is 24.8 Å². The van der Waals surface area contributed by atoms with E-state index in [9.17, 15) is 5.11 Å². The molecule has 0 unspecified atom stereocenters. The van der Waals surface area contributed by atoms with Crippen LogP contribution in [-0.4, -0.2) is 68.7 Å². The summed E-state index contributed by atoms with van der Waals surface area (Å²) in [6.07, 6.45) is 5.76. The number of halogens is 2. The second-order valence-electron chi connectivity index (χ2n) is 9.69. The molecule has 1 saturated heterocycles. The molecule has 0 aromatic heterocycles. The average molecular weight is 524 g/mol. The molecule has 1 heterocycles. The van der Waals surface area contributed by atoms with E-state index in [4.69, 9.17) is 19.9 Å². The summed E-state index contributed by atoms with van der Waals surface area (Å²) in [5, 5.41) is 10.8. The minimum Gasteiger partial charge on any atom is -0.493 e. The molecule has 1 aromatic rings. The molecule has 0 saturated carbocycles. The van der Waals surface area contributed by atoms with Crippen molar-refractivity contribution in [1.29, 1.82) is 0 Å². The van der Waals surface area contributed by atoms with Crippen LogP contribution < -0.4 is 15.2 Å². The number of piperidine rings is 1. The molecule has 34 heavy (non-hydrogen) atoms. The van der Waals surface area contributed by atoms with Crippen LogP contribution in [0.5, 0.6) is 11.5 Å². The van der Waals surface area contributed by atoms with E-state index in [0.717, 1.165) is 37.3 Å². The summed E-state index contributed by atoms with van der Waals surface area (Å²) in [6, 6.07) is 6.48. The third-order valence-corrected chi connectivity index (χ3v) is 6.85. The smallest absolute Gasteiger partial charge is 0.161 e. The Morgan fingerprint density at radius 3 is 2.47 bits per heavy atom. The molecule has 0 bridgehead atoms. The maximum Gasteiger partial charge on any atom is 0.161 e. The molecule has 1 aliphatic heterocycles. The molecule has 3 N–H and O–H groups in total. The van der Waals surface area contributed by atoms with Crippen molar-refractivity contribution in [3.63, 3.8) is 0 Å². The van der Waals surface area contributed by atoms with Gasteiger partial charge < -0.3 is 25.1 Å². The zero-order valence-electron chi connectivity index (χ0n) is 21.7. The number of hydrogen-bond donors (Lipinski definition) is 2. The zero-order chi connectivity index (χ0) is 23.5. The molecule has 4 atom stereocenters. The molecule has 0 radical (unpaired) electrons. The number of nitrogens with two attached hydrogens (primary N) is 1. The number of likely N-dealkylation sites (tertiary alicyclic amines) is 1. The van der Waals surface area contributed by atoms with Crippen LogP contribution in [0, 0.1) is 11.8 Å². The van der Waals surface area contributed by atoms with Crippen molar-refractivity contribution < 1.29 is 19.3 Å². The number of aliphatic hydroxyl groups is 1. The highest BCUT2D eigenvalue weighted by Crippen LogP contribution is 2.31. The Hall–Kier alpha value is -0.760. The molecule has 1 fully saturated rings. The Labute approximate surface area is 219 Å². The Morgan fingerprint density at radius 2 is 1.85 bits per heavy atom. The SMILES string of the molecule is COCCCOc1cc(C[C@@H](C[C@H](N)[C@@H](O)CN2CCCC[C@H]2C)C(C)C)ccc1OC.Cl.Cl. The summed E-state index contributed by atoms with van der Waals surface area (Å²) < 4.78 is 16.5. The van der Waals surface area contributed by atoms with Crippen LogP contribution in [0.2, 0.25) is 0 Å². The fourth-order valence-electron chi connectivity index (χ4n) is 4.55. The van der Waals surface area contributed by atoms with Crippen molar-refractivity contribution in [1.82, 2.24) is 4.90 Å². The van der Waals surface area contributed by atoms with E-state index in [0.29, 0.717) is 37.6 Å². The van der Waals surface area contributed by atoms with Gasteiger partial charge in [-0.25, -0.2) is 0 Å². The zero-order valence-corrected chi connectivity index (χ0v) is 23.3. The van der Waals surface area contributed by atoms with E-state index in [1.807, 2.05) is 6.07 Å². The van der Waals surface area contributed by atoms with E-state index in [2.05, 4.69) is 37.8 Å². The van der Waals surface area contributed by atoms with Crippen molar-refractivity contribution in [2.75, 3.05) is 40.5 Å². The first-order valence-electron chi connectivity index (χ1n) is 12.3. The molecule has 200 valence electrons. The normalized spacial score (nSPS) is 19.0. The van der Waals surface area contributed by atoms with Crippen molar-refractivity contribution in [3.05, 3.63) is 23.8 Å². The first-order chi connectivity index (χ1) is 15.3. The first-order valence-corrected chi connectivity index (χ1v) is 12.3. The van der Waals surface area contributed by atoms with Gasteiger partial charge in [-0.2, -0.15) is 0 Å². The summed E-state index contributed by atoms with van der Waals surface area (Å²) in [5.41, 5.74) is 7.71. The Kier molecular flexibility index (Phi) is 17.2. The van der Waals surface area contributed by atoms with E-state index < -0.39 is 6.10 Å². The third kappa shape index (κ3) is 10.9. The van der Waals surface area contributed by atoms with E-state index >= 15 is 0 Å². The number of methoxy groups -OCH3 is 2. The lowest BCUT2D eigenvalue weighted by Gasteiger charge is -2.36. The minimum absolute atomic E-state index is 0. The summed E-state index contributed by atoms with van der Waals surface area (Å²) in [6.45, 7) is 9.74. The van der Waals surface area contributed by atoms with Crippen LogP contribution in [0.4, 0.5) is 0 Å². The van der Waals surface area contributed by atoms with E-state index in [-0.39, 0.29) is 30.9 Å². The molecule has 6 nitrogen and oxygen atoms in total. The highest BCUT2D eigenvalue weighted by molar-refractivity contribution is 5.85. The van der Waals surface area contributed by atoms with Gasteiger partial charge >= 0.3 is 0 Å². The number of ether oxygens (including phenoxy) is 3.